The third kappa shape index (κ3) is 4.17. The summed E-state index contributed by atoms with van der Waals surface area (Å²) in [5.74, 6) is 1.01. The van der Waals surface area contributed by atoms with E-state index >= 15 is 0 Å². The van der Waals surface area contributed by atoms with Gasteiger partial charge in [-0.2, -0.15) is 0 Å². The molecule has 0 aliphatic carbocycles. The van der Waals surface area contributed by atoms with E-state index in [1.807, 2.05) is 43.5 Å². The Morgan fingerprint density at radius 2 is 2.03 bits per heavy atom. The van der Waals surface area contributed by atoms with Gasteiger partial charge in [0.1, 0.15) is 11.3 Å². The number of nitrogens with zero attached hydrogens (tertiary/aromatic N) is 3. The van der Waals surface area contributed by atoms with Crippen LogP contribution in [0.1, 0.15) is 30.1 Å². The molecule has 9 heteroatoms. The maximum absolute atomic E-state index is 13.0. The lowest BCUT2D eigenvalue weighted by Gasteiger charge is -2.29. The van der Waals surface area contributed by atoms with E-state index < -0.39 is 5.54 Å². The van der Waals surface area contributed by atoms with E-state index in [0.29, 0.717) is 36.3 Å². The fourth-order valence-corrected chi connectivity index (χ4v) is 3.91. The van der Waals surface area contributed by atoms with Crippen LogP contribution in [0.3, 0.4) is 0 Å². The van der Waals surface area contributed by atoms with Crippen LogP contribution in [0.4, 0.5) is 5.69 Å². The van der Waals surface area contributed by atoms with E-state index in [1.54, 1.807) is 13.2 Å². The Morgan fingerprint density at radius 3 is 2.73 bits per heavy atom. The Labute approximate surface area is 178 Å². The highest BCUT2D eigenvalue weighted by Gasteiger charge is 2.31. The number of methoxy groups -OCH3 is 1. The third-order valence-corrected chi connectivity index (χ3v) is 5.78. The molecule has 0 spiro atoms. The molecule has 158 valence electrons. The number of aromatic nitrogens is 2. The van der Waals surface area contributed by atoms with E-state index in [-0.39, 0.29) is 5.91 Å². The van der Waals surface area contributed by atoms with Crippen molar-refractivity contribution in [2.75, 3.05) is 38.3 Å². The van der Waals surface area contributed by atoms with Gasteiger partial charge in [-0.05, 0) is 37.4 Å². The van der Waals surface area contributed by atoms with E-state index in [0.717, 1.165) is 23.7 Å². The van der Waals surface area contributed by atoms with Gasteiger partial charge in [-0.25, -0.2) is 0 Å². The lowest BCUT2D eigenvalue weighted by Crippen LogP contribution is -2.41. The van der Waals surface area contributed by atoms with Crippen LogP contribution in [0.25, 0.3) is 10.8 Å². The Morgan fingerprint density at radius 1 is 1.23 bits per heavy atom. The van der Waals surface area contributed by atoms with E-state index in [4.69, 9.17) is 13.9 Å². The van der Waals surface area contributed by atoms with Gasteiger partial charge >= 0.3 is 0 Å². The van der Waals surface area contributed by atoms with Crippen LogP contribution in [0, 0.1) is 0 Å². The number of nitrogens with one attached hydrogen (secondary N) is 1. The number of amides is 1. The molecule has 0 bridgehead atoms. The maximum Gasteiger partial charge on any atom is 0.257 e. The summed E-state index contributed by atoms with van der Waals surface area (Å²) >= 11 is 1.52. The summed E-state index contributed by atoms with van der Waals surface area (Å²) in [7, 11) is 1.56. The standard InChI is InChI=1S/C21H24N4O4S/c1-21(2,20-24-23-19(29-20)17-5-4-12-30-17)22-18(26)15-7-6-14(13-16(15)27-3)25-8-10-28-11-9-25/h4-7,12-13H,8-11H2,1-3H3,(H,22,26). The van der Waals surface area contributed by atoms with Crippen LogP contribution >= 0.6 is 11.3 Å². The second-order valence-corrected chi connectivity index (χ2v) is 8.40. The van der Waals surface area contributed by atoms with Crippen molar-refractivity contribution in [3.8, 4) is 16.5 Å². The summed E-state index contributed by atoms with van der Waals surface area (Å²) in [5, 5.41) is 13.2. The van der Waals surface area contributed by atoms with Crippen LogP contribution in [0.2, 0.25) is 0 Å². The molecule has 0 saturated carbocycles. The topological polar surface area (TPSA) is 89.7 Å². The van der Waals surface area contributed by atoms with Crippen LogP contribution in [0.15, 0.2) is 40.1 Å². The number of hydrogen-bond acceptors (Lipinski definition) is 8. The monoisotopic (exact) mass is 428 g/mol. The zero-order valence-corrected chi connectivity index (χ0v) is 18.0. The van der Waals surface area contributed by atoms with Crippen molar-refractivity contribution in [3.63, 3.8) is 0 Å². The third-order valence-electron chi connectivity index (χ3n) is 4.92. The Balaban J connectivity index is 1.52. The molecule has 1 fully saturated rings. The normalized spacial score (nSPS) is 14.6. The van der Waals surface area contributed by atoms with E-state index in [1.165, 1.54) is 11.3 Å². The second-order valence-electron chi connectivity index (χ2n) is 7.45. The van der Waals surface area contributed by atoms with Crippen LogP contribution < -0.4 is 15.0 Å². The largest absolute Gasteiger partial charge is 0.496 e. The average Bonchev–Trinajstić information content (AvgIpc) is 3.45. The van der Waals surface area contributed by atoms with Crippen molar-refractivity contribution in [2.24, 2.45) is 0 Å². The summed E-state index contributed by atoms with van der Waals surface area (Å²) in [4.78, 5) is 16.1. The van der Waals surface area contributed by atoms with Crippen molar-refractivity contribution in [1.82, 2.24) is 15.5 Å². The van der Waals surface area contributed by atoms with Gasteiger partial charge in [-0.1, -0.05) is 6.07 Å². The number of carbonyl (C=O) groups excluding carboxylic acids is 1. The maximum atomic E-state index is 13.0. The number of thiophene rings is 1. The first kappa shape index (κ1) is 20.4. The molecule has 0 radical (unpaired) electrons. The fraction of sp³-hybridized carbons (Fsp3) is 0.381. The molecule has 1 aromatic carbocycles. The summed E-state index contributed by atoms with van der Waals surface area (Å²) in [6.07, 6.45) is 0. The van der Waals surface area contributed by atoms with Crippen molar-refractivity contribution in [2.45, 2.75) is 19.4 Å². The highest BCUT2D eigenvalue weighted by atomic mass is 32.1. The first-order valence-electron chi connectivity index (χ1n) is 9.69. The number of benzene rings is 1. The van der Waals surface area contributed by atoms with Crippen molar-refractivity contribution in [1.29, 1.82) is 0 Å². The SMILES string of the molecule is COc1cc(N2CCOCC2)ccc1C(=O)NC(C)(C)c1nnc(-c2cccs2)o1. The minimum atomic E-state index is -0.854. The molecule has 1 amide bonds. The molecule has 3 aromatic rings. The Kier molecular flexibility index (Phi) is 5.74. The van der Waals surface area contributed by atoms with Crippen LogP contribution in [0.5, 0.6) is 5.75 Å². The molecule has 30 heavy (non-hydrogen) atoms. The molecule has 0 atom stereocenters. The van der Waals surface area contributed by atoms with E-state index in [2.05, 4.69) is 20.4 Å². The predicted octanol–water partition coefficient (Wildman–Crippen LogP) is 3.31. The van der Waals surface area contributed by atoms with Crippen LogP contribution in [-0.2, 0) is 10.3 Å². The molecule has 1 aliphatic rings. The van der Waals surface area contributed by atoms with Gasteiger partial charge in [0, 0.05) is 24.8 Å². The molecule has 2 aromatic heterocycles. The minimum Gasteiger partial charge on any atom is -0.496 e. The number of carbonyl (C=O) groups is 1. The molecule has 1 saturated heterocycles. The second kappa shape index (κ2) is 8.45. The predicted molar refractivity (Wildman–Crippen MR) is 114 cm³/mol. The lowest BCUT2D eigenvalue weighted by molar-refractivity contribution is 0.0896. The Bertz CT molecular complexity index is 1010. The molecular formula is C21H24N4O4S. The van der Waals surface area contributed by atoms with Crippen molar-refractivity contribution in [3.05, 3.63) is 47.2 Å². The van der Waals surface area contributed by atoms with Crippen molar-refractivity contribution < 1.29 is 18.7 Å². The lowest BCUT2D eigenvalue weighted by atomic mass is 10.0. The fourth-order valence-electron chi connectivity index (χ4n) is 3.27. The molecule has 8 nitrogen and oxygen atoms in total. The molecule has 3 heterocycles. The summed E-state index contributed by atoms with van der Waals surface area (Å²) in [5.41, 5.74) is 0.594. The van der Waals surface area contributed by atoms with Gasteiger partial charge in [0.2, 0.25) is 5.89 Å². The number of anilines is 1. The quantitative estimate of drug-likeness (QED) is 0.644. The molecular weight excluding hydrogens is 404 g/mol. The Hall–Kier alpha value is -2.91. The molecule has 1 aliphatic heterocycles. The van der Waals surface area contributed by atoms with Gasteiger partial charge in [-0.15, -0.1) is 21.5 Å². The molecule has 1 N–H and O–H groups in total. The highest BCUT2D eigenvalue weighted by Crippen LogP contribution is 2.29. The van der Waals surface area contributed by atoms with Gasteiger partial charge in [0.05, 0.1) is 30.8 Å². The number of morpholine rings is 1. The first-order valence-corrected chi connectivity index (χ1v) is 10.6. The number of hydrogen-bond donors (Lipinski definition) is 1. The number of rotatable bonds is 6. The smallest absolute Gasteiger partial charge is 0.257 e. The zero-order chi connectivity index (χ0) is 21.1. The van der Waals surface area contributed by atoms with Gasteiger partial charge in [-0.3, -0.25) is 4.79 Å². The average molecular weight is 429 g/mol. The minimum absolute atomic E-state index is 0.277. The van der Waals surface area contributed by atoms with Crippen LogP contribution in [-0.4, -0.2) is 49.5 Å². The molecule has 4 rings (SSSR count). The van der Waals surface area contributed by atoms with Gasteiger partial charge in [0.25, 0.3) is 11.8 Å². The first-order chi connectivity index (χ1) is 14.5. The zero-order valence-electron chi connectivity index (χ0n) is 17.2. The van der Waals surface area contributed by atoms with E-state index in [9.17, 15) is 4.79 Å². The number of ether oxygens (including phenoxy) is 2. The van der Waals surface area contributed by atoms with Gasteiger partial charge < -0.3 is 24.1 Å². The molecule has 0 unspecified atom stereocenters. The van der Waals surface area contributed by atoms with Crippen molar-refractivity contribution >= 4 is 22.9 Å². The summed E-state index contributed by atoms with van der Waals surface area (Å²) in [6, 6.07) is 9.42. The highest BCUT2D eigenvalue weighted by molar-refractivity contribution is 7.13. The summed E-state index contributed by atoms with van der Waals surface area (Å²) in [6.45, 7) is 6.65. The summed E-state index contributed by atoms with van der Waals surface area (Å²) < 4.78 is 16.7. The van der Waals surface area contributed by atoms with Gasteiger partial charge in [0.15, 0.2) is 0 Å².